The number of ether oxygens (including phenoxy) is 1. The molecule has 42 heavy (non-hydrogen) atoms. The van der Waals surface area contributed by atoms with Crippen LogP contribution in [0.15, 0.2) is 36.4 Å². The maximum Gasteiger partial charge on any atom is 0.326 e. The van der Waals surface area contributed by atoms with Crippen LogP contribution in [0.5, 0.6) is 5.75 Å². The molecular weight excluding hydrogens is 543 g/mol. The molecule has 0 unspecified atom stereocenters. The summed E-state index contributed by atoms with van der Waals surface area (Å²) in [7, 11) is 3.40. The van der Waals surface area contributed by atoms with Gasteiger partial charge < -0.3 is 30.2 Å². The Labute approximate surface area is 241 Å². The van der Waals surface area contributed by atoms with Crippen molar-refractivity contribution in [1.82, 2.24) is 20.1 Å². The lowest BCUT2D eigenvalue weighted by Gasteiger charge is -2.32. The number of rotatable bonds is 5. The molecule has 1 fully saturated rings. The number of nitrogens with zero attached hydrogens (tertiary/aromatic N) is 2. The third-order valence-electron chi connectivity index (χ3n) is 7.48. The van der Waals surface area contributed by atoms with E-state index in [1.807, 2.05) is 25.8 Å². The Bertz CT molecular complexity index is 1640. The zero-order valence-electron chi connectivity index (χ0n) is 23.7. The lowest BCUT2D eigenvalue weighted by atomic mass is 10.0. The molecule has 11 nitrogen and oxygen atoms in total. The fraction of sp³-hybridized carbons (Fsp3) is 0.267. The lowest BCUT2D eigenvalue weighted by molar-refractivity contribution is -0.110. The zero-order chi connectivity index (χ0) is 30.1. The Morgan fingerprint density at radius 3 is 2.48 bits per heavy atom. The summed E-state index contributed by atoms with van der Waals surface area (Å²) in [4.78, 5) is 58.3. The van der Waals surface area contributed by atoms with Crippen LogP contribution in [0.4, 0.5) is 20.6 Å². The first-order valence-electron chi connectivity index (χ1n) is 13.4. The Balaban J connectivity index is 1.30. The van der Waals surface area contributed by atoms with Gasteiger partial charge in [0.25, 0.3) is 17.7 Å². The van der Waals surface area contributed by atoms with E-state index >= 15 is 0 Å². The monoisotopic (exact) mass is 574 g/mol. The minimum Gasteiger partial charge on any atom is -0.497 e. The number of urea groups is 1. The van der Waals surface area contributed by atoms with Gasteiger partial charge in [0.05, 0.1) is 29.5 Å². The summed E-state index contributed by atoms with van der Waals surface area (Å²) in [5, 5.41) is 7.39. The van der Waals surface area contributed by atoms with Crippen LogP contribution in [0.2, 0.25) is 0 Å². The molecule has 218 valence electrons. The van der Waals surface area contributed by atoms with Gasteiger partial charge in [-0.2, -0.15) is 0 Å². The Morgan fingerprint density at radius 2 is 1.79 bits per heavy atom. The van der Waals surface area contributed by atoms with Gasteiger partial charge in [0.15, 0.2) is 0 Å². The molecule has 2 aliphatic rings. The molecular formula is C30H31FN6O5. The number of amides is 5. The highest BCUT2D eigenvalue weighted by atomic mass is 19.1. The molecule has 2 aliphatic heterocycles. The summed E-state index contributed by atoms with van der Waals surface area (Å²) in [6.45, 7) is 6.66. The average Bonchev–Trinajstić information content (AvgIpc) is 3.41. The SMILES string of the molecule is COc1ccc(C(=O)NC(=O)Nc2ccc3c(c2)NC(=O)C3=Cc2[nH]c(C)c(C(=O)N3CCN(C)CC3)c2C)c(F)c1. The molecule has 12 heteroatoms. The molecule has 1 saturated heterocycles. The third-order valence-corrected chi connectivity index (χ3v) is 7.48. The molecule has 1 aromatic heterocycles. The molecule has 5 amide bonds. The van der Waals surface area contributed by atoms with Crippen LogP contribution in [-0.4, -0.2) is 78.9 Å². The van der Waals surface area contributed by atoms with E-state index in [1.165, 1.54) is 19.2 Å². The summed E-state index contributed by atoms with van der Waals surface area (Å²) < 4.78 is 19.1. The van der Waals surface area contributed by atoms with Gasteiger partial charge >= 0.3 is 6.03 Å². The number of halogens is 1. The van der Waals surface area contributed by atoms with Crippen LogP contribution in [0.25, 0.3) is 11.6 Å². The van der Waals surface area contributed by atoms with Gasteiger partial charge in [0.1, 0.15) is 11.6 Å². The van der Waals surface area contributed by atoms with Crippen LogP contribution < -0.4 is 20.7 Å². The zero-order valence-corrected chi connectivity index (χ0v) is 23.7. The maximum absolute atomic E-state index is 14.2. The van der Waals surface area contributed by atoms with Crippen LogP contribution in [0, 0.1) is 19.7 Å². The fourth-order valence-electron chi connectivity index (χ4n) is 5.11. The number of methoxy groups -OCH3 is 1. The number of anilines is 2. The number of carbonyl (C=O) groups is 4. The molecule has 3 aromatic rings. The van der Waals surface area contributed by atoms with Crippen LogP contribution in [0.1, 0.15) is 43.2 Å². The fourth-order valence-corrected chi connectivity index (χ4v) is 5.11. The van der Waals surface area contributed by atoms with Gasteiger partial charge in [-0.1, -0.05) is 6.07 Å². The van der Waals surface area contributed by atoms with E-state index in [9.17, 15) is 23.6 Å². The number of fused-ring (bicyclic) bond motifs is 1. The number of carbonyl (C=O) groups excluding carboxylic acids is 4. The number of hydrogen-bond donors (Lipinski definition) is 4. The Hall–Kier alpha value is -4.97. The van der Waals surface area contributed by atoms with Crippen LogP contribution in [-0.2, 0) is 4.79 Å². The summed E-state index contributed by atoms with van der Waals surface area (Å²) in [6.07, 6.45) is 1.71. The smallest absolute Gasteiger partial charge is 0.326 e. The number of aromatic nitrogens is 1. The van der Waals surface area contributed by atoms with E-state index in [0.29, 0.717) is 46.9 Å². The topological polar surface area (TPSA) is 136 Å². The summed E-state index contributed by atoms with van der Waals surface area (Å²) in [6, 6.07) is 7.61. The number of H-pyrrole nitrogens is 1. The second-order valence-electron chi connectivity index (χ2n) is 10.3. The number of hydrogen-bond acceptors (Lipinski definition) is 6. The molecule has 3 heterocycles. The van der Waals surface area contributed by atoms with Crippen molar-refractivity contribution < 1.29 is 28.3 Å². The number of imide groups is 1. The van der Waals surface area contributed by atoms with Crippen LogP contribution in [0.3, 0.4) is 0 Å². The van der Waals surface area contributed by atoms with Crippen molar-refractivity contribution >= 4 is 46.8 Å². The molecule has 0 aliphatic carbocycles. The maximum atomic E-state index is 14.2. The van der Waals surface area contributed by atoms with Crippen molar-refractivity contribution in [2.75, 3.05) is 51.0 Å². The summed E-state index contributed by atoms with van der Waals surface area (Å²) in [5.41, 5.74) is 4.23. The third kappa shape index (κ3) is 5.61. The highest BCUT2D eigenvalue weighted by molar-refractivity contribution is 6.35. The molecule has 0 bridgehead atoms. The quantitative estimate of drug-likeness (QED) is 0.344. The normalized spacial score (nSPS) is 15.8. The first-order chi connectivity index (χ1) is 20.0. The van der Waals surface area contributed by atoms with Gasteiger partial charge in [-0.3, -0.25) is 19.7 Å². The standard InChI is InChI=1S/C30H31FN6O5/c1-16-24(32-17(2)26(16)29(40)37-11-9-36(3)10-12-37)15-22-20-7-5-18(13-25(20)34-28(22)39)33-30(41)35-27(38)21-8-6-19(42-4)14-23(21)31/h5-8,13-15,32H,9-12H2,1-4H3,(H,34,39)(H2,33,35,38,41). The molecule has 0 spiro atoms. The number of piperazine rings is 1. The van der Waals surface area contributed by atoms with Gasteiger partial charge in [0.2, 0.25) is 0 Å². The predicted octanol–water partition coefficient (Wildman–Crippen LogP) is 3.62. The first-order valence-corrected chi connectivity index (χ1v) is 13.4. The summed E-state index contributed by atoms with van der Waals surface area (Å²) in [5.74, 6) is -1.88. The number of benzene rings is 2. The van der Waals surface area contributed by atoms with E-state index in [-0.39, 0.29) is 23.1 Å². The number of aromatic amines is 1. The van der Waals surface area contributed by atoms with Crippen molar-refractivity contribution in [1.29, 1.82) is 0 Å². The second kappa shape index (κ2) is 11.5. The van der Waals surface area contributed by atoms with Crippen molar-refractivity contribution in [2.45, 2.75) is 13.8 Å². The van der Waals surface area contributed by atoms with Gasteiger partial charge in [0, 0.05) is 54.9 Å². The minimum absolute atomic E-state index is 0.0301. The van der Waals surface area contributed by atoms with Crippen molar-refractivity contribution in [3.05, 3.63) is 75.9 Å². The van der Waals surface area contributed by atoms with Gasteiger partial charge in [-0.25, -0.2) is 9.18 Å². The van der Waals surface area contributed by atoms with Crippen molar-refractivity contribution in [3.8, 4) is 5.75 Å². The van der Waals surface area contributed by atoms with Gasteiger partial charge in [-0.15, -0.1) is 0 Å². The van der Waals surface area contributed by atoms with E-state index in [4.69, 9.17) is 4.74 Å². The highest BCUT2D eigenvalue weighted by Gasteiger charge is 2.28. The molecule has 2 aromatic carbocycles. The molecule has 5 rings (SSSR count). The number of aryl methyl sites for hydroxylation is 1. The summed E-state index contributed by atoms with van der Waals surface area (Å²) >= 11 is 0. The Kier molecular flexibility index (Phi) is 7.81. The highest BCUT2D eigenvalue weighted by Crippen LogP contribution is 2.36. The molecule has 0 atom stereocenters. The van der Waals surface area contributed by atoms with E-state index in [2.05, 4.69) is 25.8 Å². The predicted molar refractivity (Wildman–Crippen MR) is 156 cm³/mol. The Morgan fingerprint density at radius 1 is 1.05 bits per heavy atom. The van der Waals surface area contributed by atoms with Crippen molar-refractivity contribution in [3.63, 3.8) is 0 Å². The van der Waals surface area contributed by atoms with Crippen LogP contribution >= 0.6 is 0 Å². The second-order valence-corrected chi connectivity index (χ2v) is 10.3. The average molecular weight is 575 g/mol. The lowest BCUT2D eigenvalue weighted by Crippen LogP contribution is -2.47. The molecule has 4 N–H and O–H groups in total. The number of nitrogens with one attached hydrogen (secondary N) is 4. The number of likely N-dealkylation sites (N-methyl/N-ethyl adjacent to an activating group) is 1. The van der Waals surface area contributed by atoms with Gasteiger partial charge in [-0.05, 0) is 56.8 Å². The van der Waals surface area contributed by atoms with E-state index < -0.39 is 17.8 Å². The first kappa shape index (κ1) is 28.6. The van der Waals surface area contributed by atoms with E-state index in [1.54, 1.807) is 24.3 Å². The molecule has 0 saturated carbocycles. The van der Waals surface area contributed by atoms with E-state index in [0.717, 1.165) is 30.4 Å². The molecule has 0 radical (unpaired) electrons. The largest absolute Gasteiger partial charge is 0.497 e. The van der Waals surface area contributed by atoms with Crippen molar-refractivity contribution in [2.24, 2.45) is 0 Å². The minimum atomic E-state index is -0.922.